The summed E-state index contributed by atoms with van der Waals surface area (Å²) in [5, 5.41) is 0. The molecule has 0 N–H and O–H groups in total. The SMILES string of the molecule is CC/C=C\C/C=C\C/C=C\C/C=C\CCCCCCCCCCCCC(=O)OCC(COC(=O)CCCCCCC/C=C\CCCC)OC(=O)CCCCCCC/C=C\CCCCC. The van der Waals surface area contributed by atoms with Crippen molar-refractivity contribution in [2.45, 2.75) is 264 Å². The van der Waals surface area contributed by atoms with E-state index >= 15 is 0 Å². The van der Waals surface area contributed by atoms with Gasteiger partial charge in [-0.05, 0) is 103 Å². The Morgan fingerprint density at radius 3 is 1.02 bits per heavy atom. The molecule has 0 heterocycles. The fraction of sp³-hybridized carbons (Fsp3) is 0.741. The van der Waals surface area contributed by atoms with Crippen molar-refractivity contribution in [3.05, 3.63) is 72.9 Å². The standard InChI is InChI=1S/C58H100O6/c1-4-7-10-13-16-19-22-24-25-26-27-28-29-30-31-32-33-34-37-39-42-45-48-51-57(60)63-54-55(53-62-56(59)50-47-44-41-38-35-21-18-15-12-9-6-3)64-58(61)52-49-46-43-40-36-23-20-17-14-11-8-5-2/h7,10,15-20,24-25,27-28,55H,4-6,8-9,11-14,21-23,26,29-54H2,1-3H3/b10-7-,18-15-,19-16-,20-17-,25-24-,28-27-. The van der Waals surface area contributed by atoms with Crippen molar-refractivity contribution in [3.8, 4) is 0 Å². The van der Waals surface area contributed by atoms with Crippen molar-refractivity contribution in [2.75, 3.05) is 13.2 Å². The van der Waals surface area contributed by atoms with Crippen LogP contribution in [-0.2, 0) is 28.6 Å². The van der Waals surface area contributed by atoms with E-state index in [9.17, 15) is 14.4 Å². The third-order valence-electron chi connectivity index (χ3n) is 11.4. The highest BCUT2D eigenvalue weighted by Gasteiger charge is 2.19. The summed E-state index contributed by atoms with van der Waals surface area (Å²) in [7, 11) is 0. The van der Waals surface area contributed by atoms with Crippen LogP contribution in [0.3, 0.4) is 0 Å². The summed E-state index contributed by atoms with van der Waals surface area (Å²) in [5.74, 6) is -0.904. The zero-order chi connectivity index (χ0) is 46.5. The molecule has 0 aliphatic heterocycles. The highest BCUT2D eigenvalue weighted by atomic mass is 16.6. The van der Waals surface area contributed by atoms with Crippen LogP contribution in [0.15, 0.2) is 72.9 Å². The van der Waals surface area contributed by atoms with Crippen LogP contribution in [0, 0.1) is 0 Å². The maximum absolute atomic E-state index is 12.8. The Bertz CT molecular complexity index is 1210. The largest absolute Gasteiger partial charge is 0.462 e. The van der Waals surface area contributed by atoms with Crippen LogP contribution in [0.25, 0.3) is 0 Å². The first kappa shape index (κ1) is 60.9. The number of rotatable bonds is 48. The van der Waals surface area contributed by atoms with Gasteiger partial charge in [0.05, 0.1) is 0 Å². The molecule has 0 aliphatic carbocycles. The van der Waals surface area contributed by atoms with Gasteiger partial charge in [-0.3, -0.25) is 14.4 Å². The van der Waals surface area contributed by atoms with Crippen molar-refractivity contribution in [1.82, 2.24) is 0 Å². The number of unbranched alkanes of at least 4 members (excludes halogenated alkanes) is 25. The Kier molecular flexibility index (Phi) is 49.9. The molecule has 0 bridgehead atoms. The van der Waals surface area contributed by atoms with Gasteiger partial charge in [-0.15, -0.1) is 0 Å². The summed E-state index contributed by atoms with van der Waals surface area (Å²) in [5.41, 5.74) is 0. The van der Waals surface area contributed by atoms with Gasteiger partial charge in [0, 0.05) is 19.3 Å². The van der Waals surface area contributed by atoms with E-state index in [2.05, 4.69) is 93.7 Å². The van der Waals surface area contributed by atoms with Crippen LogP contribution in [0.4, 0.5) is 0 Å². The molecule has 0 saturated carbocycles. The molecule has 6 nitrogen and oxygen atoms in total. The van der Waals surface area contributed by atoms with Crippen molar-refractivity contribution in [2.24, 2.45) is 0 Å². The molecule has 0 aliphatic rings. The van der Waals surface area contributed by atoms with Crippen molar-refractivity contribution < 1.29 is 28.6 Å². The molecular formula is C58H100O6. The van der Waals surface area contributed by atoms with Gasteiger partial charge in [-0.2, -0.15) is 0 Å². The van der Waals surface area contributed by atoms with Crippen LogP contribution in [-0.4, -0.2) is 37.2 Å². The molecule has 0 aromatic rings. The molecule has 0 fully saturated rings. The lowest BCUT2D eigenvalue weighted by Crippen LogP contribution is -2.30. The van der Waals surface area contributed by atoms with Crippen molar-refractivity contribution in [1.29, 1.82) is 0 Å². The molecule has 0 aromatic heterocycles. The summed E-state index contributed by atoms with van der Waals surface area (Å²) in [6.45, 7) is 6.45. The lowest BCUT2D eigenvalue weighted by atomic mass is 10.1. The lowest BCUT2D eigenvalue weighted by Gasteiger charge is -2.18. The smallest absolute Gasteiger partial charge is 0.306 e. The highest BCUT2D eigenvalue weighted by Crippen LogP contribution is 2.15. The fourth-order valence-corrected chi connectivity index (χ4v) is 7.35. The van der Waals surface area contributed by atoms with Gasteiger partial charge in [0.2, 0.25) is 0 Å². The number of carbonyl (C=O) groups excluding carboxylic acids is 3. The average molecular weight is 893 g/mol. The van der Waals surface area contributed by atoms with Gasteiger partial charge in [0.1, 0.15) is 13.2 Å². The minimum Gasteiger partial charge on any atom is -0.462 e. The first-order valence-corrected chi connectivity index (χ1v) is 26.9. The minimum atomic E-state index is -0.783. The molecule has 0 rings (SSSR count). The Labute approximate surface area is 395 Å². The van der Waals surface area contributed by atoms with Gasteiger partial charge in [-0.1, -0.05) is 209 Å². The molecule has 0 spiro atoms. The number of allylic oxidation sites excluding steroid dienone is 12. The molecule has 0 saturated heterocycles. The van der Waals surface area contributed by atoms with E-state index < -0.39 is 6.10 Å². The summed E-state index contributed by atoms with van der Waals surface area (Å²) in [4.78, 5) is 38.0. The summed E-state index contributed by atoms with van der Waals surface area (Å²) in [6.07, 6.45) is 66.1. The third-order valence-corrected chi connectivity index (χ3v) is 11.4. The quantitative estimate of drug-likeness (QED) is 0.0262. The van der Waals surface area contributed by atoms with E-state index in [1.807, 2.05) is 0 Å². The minimum absolute atomic E-state index is 0.0832. The van der Waals surface area contributed by atoms with E-state index in [1.165, 1.54) is 116 Å². The van der Waals surface area contributed by atoms with Crippen LogP contribution in [0.2, 0.25) is 0 Å². The molecule has 6 heteroatoms. The first-order valence-electron chi connectivity index (χ1n) is 26.9. The number of esters is 3. The maximum atomic E-state index is 12.8. The number of ether oxygens (including phenoxy) is 3. The summed E-state index contributed by atoms with van der Waals surface area (Å²) in [6, 6.07) is 0. The molecule has 1 unspecified atom stereocenters. The number of hydrogen-bond donors (Lipinski definition) is 0. The average Bonchev–Trinajstić information content (AvgIpc) is 3.29. The van der Waals surface area contributed by atoms with Crippen LogP contribution >= 0.6 is 0 Å². The van der Waals surface area contributed by atoms with E-state index in [4.69, 9.17) is 14.2 Å². The van der Waals surface area contributed by atoms with Crippen LogP contribution in [0.1, 0.15) is 258 Å². The Morgan fingerprint density at radius 2 is 0.625 bits per heavy atom. The third kappa shape index (κ3) is 49.9. The Morgan fingerprint density at radius 1 is 0.328 bits per heavy atom. The van der Waals surface area contributed by atoms with Gasteiger partial charge in [-0.25, -0.2) is 0 Å². The normalized spacial score (nSPS) is 12.6. The van der Waals surface area contributed by atoms with Crippen molar-refractivity contribution in [3.63, 3.8) is 0 Å². The molecule has 0 aromatic carbocycles. The molecular weight excluding hydrogens is 793 g/mol. The second kappa shape index (κ2) is 52.5. The predicted octanol–water partition coefficient (Wildman–Crippen LogP) is 17.8. The highest BCUT2D eigenvalue weighted by molar-refractivity contribution is 5.71. The predicted molar refractivity (Wildman–Crippen MR) is 274 cm³/mol. The molecule has 64 heavy (non-hydrogen) atoms. The topological polar surface area (TPSA) is 78.9 Å². The molecule has 0 amide bonds. The second-order valence-corrected chi connectivity index (χ2v) is 17.7. The van der Waals surface area contributed by atoms with E-state index in [-0.39, 0.29) is 31.1 Å². The molecule has 368 valence electrons. The maximum Gasteiger partial charge on any atom is 0.306 e. The van der Waals surface area contributed by atoms with E-state index in [0.717, 1.165) is 103 Å². The van der Waals surface area contributed by atoms with Gasteiger partial charge in [0.25, 0.3) is 0 Å². The van der Waals surface area contributed by atoms with Gasteiger partial charge < -0.3 is 14.2 Å². The van der Waals surface area contributed by atoms with Crippen LogP contribution in [0.5, 0.6) is 0 Å². The zero-order valence-corrected chi connectivity index (χ0v) is 42.0. The molecule has 1 atom stereocenters. The monoisotopic (exact) mass is 893 g/mol. The number of hydrogen-bond acceptors (Lipinski definition) is 6. The van der Waals surface area contributed by atoms with E-state index in [1.54, 1.807) is 0 Å². The van der Waals surface area contributed by atoms with Crippen molar-refractivity contribution >= 4 is 17.9 Å². The summed E-state index contributed by atoms with van der Waals surface area (Å²) >= 11 is 0. The fourth-order valence-electron chi connectivity index (χ4n) is 7.35. The summed E-state index contributed by atoms with van der Waals surface area (Å²) < 4.78 is 16.8. The first-order chi connectivity index (χ1) is 31.5. The lowest BCUT2D eigenvalue weighted by molar-refractivity contribution is -0.167. The molecule has 0 radical (unpaired) electrons. The zero-order valence-electron chi connectivity index (χ0n) is 42.0. The number of carbonyl (C=O) groups is 3. The Hall–Kier alpha value is -3.15. The van der Waals surface area contributed by atoms with Gasteiger partial charge in [0.15, 0.2) is 6.10 Å². The van der Waals surface area contributed by atoms with Gasteiger partial charge >= 0.3 is 17.9 Å². The Balaban J connectivity index is 4.28. The van der Waals surface area contributed by atoms with E-state index in [0.29, 0.717) is 19.3 Å². The van der Waals surface area contributed by atoms with Crippen LogP contribution < -0.4 is 0 Å². The second-order valence-electron chi connectivity index (χ2n) is 17.7.